The van der Waals surface area contributed by atoms with Gasteiger partial charge in [-0.05, 0) is 31.7 Å². The SMILES string of the molecule is O=C1Nc2c(Cl)cc3nc(CN4CCOC5(CCCC5)C4)oc3c2C2(CCCCC2)N1. The van der Waals surface area contributed by atoms with Gasteiger partial charge in [0.1, 0.15) is 5.52 Å². The lowest BCUT2D eigenvalue weighted by Gasteiger charge is -2.42. The highest BCUT2D eigenvalue weighted by molar-refractivity contribution is 6.35. The third kappa shape index (κ3) is 3.33. The number of nitrogens with one attached hydrogen (secondary N) is 2. The van der Waals surface area contributed by atoms with Crippen LogP contribution >= 0.6 is 11.6 Å². The maximum absolute atomic E-state index is 12.4. The predicted octanol–water partition coefficient (Wildman–Crippen LogP) is 4.92. The highest BCUT2D eigenvalue weighted by Gasteiger charge is 2.44. The molecule has 1 saturated heterocycles. The van der Waals surface area contributed by atoms with Crippen LogP contribution in [0.2, 0.25) is 5.02 Å². The number of carbonyl (C=O) groups is 1. The molecule has 166 valence electrons. The highest BCUT2D eigenvalue weighted by Crippen LogP contribution is 2.48. The summed E-state index contributed by atoms with van der Waals surface area (Å²) in [6.45, 7) is 3.26. The monoisotopic (exact) mass is 444 g/mol. The zero-order valence-electron chi connectivity index (χ0n) is 17.8. The molecule has 2 aliphatic heterocycles. The summed E-state index contributed by atoms with van der Waals surface area (Å²) in [5.74, 6) is 0.706. The van der Waals surface area contributed by atoms with Gasteiger partial charge in [0.2, 0.25) is 5.89 Å². The molecule has 31 heavy (non-hydrogen) atoms. The van der Waals surface area contributed by atoms with Crippen LogP contribution in [0.5, 0.6) is 0 Å². The molecular weight excluding hydrogens is 416 g/mol. The van der Waals surface area contributed by atoms with E-state index in [2.05, 4.69) is 15.5 Å². The van der Waals surface area contributed by atoms with Gasteiger partial charge in [0.15, 0.2) is 5.58 Å². The van der Waals surface area contributed by atoms with E-state index >= 15 is 0 Å². The van der Waals surface area contributed by atoms with Crippen LogP contribution in [-0.2, 0) is 16.8 Å². The van der Waals surface area contributed by atoms with Gasteiger partial charge in [-0.3, -0.25) is 4.90 Å². The Labute approximate surface area is 186 Å². The first-order valence-electron chi connectivity index (χ1n) is 11.6. The van der Waals surface area contributed by atoms with Crippen molar-refractivity contribution in [2.45, 2.75) is 75.5 Å². The normalized spacial score (nSPS) is 25.0. The Balaban J connectivity index is 1.37. The van der Waals surface area contributed by atoms with E-state index in [0.29, 0.717) is 23.1 Å². The molecule has 0 bridgehead atoms. The minimum atomic E-state index is -0.428. The van der Waals surface area contributed by atoms with Crippen molar-refractivity contribution in [3.8, 4) is 0 Å². The molecule has 3 heterocycles. The van der Waals surface area contributed by atoms with Crippen LogP contribution in [0.25, 0.3) is 11.1 Å². The van der Waals surface area contributed by atoms with E-state index in [-0.39, 0.29) is 11.6 Å². The minimum absolute atomic E-state index is 0.0209. The van der Waals surface area contributed by atoms with E-state index in [4.69, 9.17) is 25.7 Å². The summed E-state index contributed by atoms with van der Waals surface area (Å²) in [4.78, 5) is 19.7. The van der Waals surface area contributed by atoms with Crippen molar-refractivity contribution in [1.82, 2.24) is 15.2 Å². The number of benzene rings is 1. The van der Waals surface area contributed by atoms with Crippen molar-refractivity contribution in [2.75, 3.05) is 25.0 Å². The first-order valence-corrected chi connectivity index (χ1v) is 12.0. The van der Waals surface area contributed by atoms with Gasteiger partial charge >= 0.3 is 6.03 Å². The van der Waals surface area contributed by atoms with Crippen molar-refractivity contribution in [3.05, 3.63) is 22.5 Å². The number of urea groups is 1. The number of amides is 2. The number of morpholine rings is 1. The Morgan fingerprint density at radius 1 is 1.13 bits per heavy atom. The second-order valence-electron chi connectivity index (χ2n) is 9.74. The van der Waals surface area contributed by atoms with E-state index < -0.39 is 5.54 Å². The van der Waals surface area contributed by atoms with Crippen LogP contribution in [0.15, 0.2) is 10.5 Å². The van der Waals surface area contributed by atoms with Gasteiger partial charge in [0.05, 0.1) is 35.0 Å². The van der Waals surface area contributed by atoms with Crippen molar-refractivity contribution < 1.29 is 13.9 Å². The molecule has 4 aliphatic rings. The van der Waals surface area contributed by atoms with E-state index in [1.54, 1.807) is 0 Å². The number of hydrogen-bond acceptors (Lipinski definition) is 5. The first-order chi connectivity index (χ1) is 15.1. The number of halogens is 1. The Kier molecular flexibility index (Phi) is 4.70. The Morgan fingerprint density at radius 2 is 1.90 bits per heavy atom. The summed E-state index contributed by atoms with van der Waals surface area (Å²) < 4.78 is 12.6. The molecule has 0 unspecified atom stereocenters. The maximum Gasteiger partial charge on any atom is 0.319 e. The summed E-state index contributed by atoms with van der Waals surface area (Å²) in [6, 6.07) is 1.63. The molecule has 2 aliphatic carbocycles. The molecule has 2 aromatic rings. The van der Waals surface area contributed by atoms with Crippen LogP contribution in [0.3, 0.4) is 0 Å². The summed E-state index contributed by atoms with van der Waals surface area (Å²) in [5.41, 5.74) is 2.77. The van der Waals surface area contributed by atoms with Crippen LogP contribution < -0.4 is 10.6 Å². The second kappa shape index (κ2) is 7.36. The molecule has 3 fully saturated rings. The zero-order chi connectivity index (χ0) is 21.1. The standard InChI is InChI=1S/C23H29ClN4O3/c24-15-12-16-20(18-19(15)26-21(29)27-23(18)8-2-1-3-9-23)31-17(25-16)13-28-10-11-30-22(14-28)6-4-5-7-22/h12H,1-11,13-14H2,(H2,26,27,29). The van der Waals surface area contributed by atoms with Gasteiger partial charge in [0.25, 0.3) is 0 Å². The van der Waals surface area contributed by atoms with Crippen LogP contribution in [0.4, 0.5) is 10.5 Å². The molecule has 6 rings (SSSR count). The molecule has 8 heteroatoms. The third-order valence-corrected chi connectivity index (χ3v) is 7.95. The molecule has 2 spiro atoms. The zero-order valence-corrected chi connectivity index (χ0v) is 18.5. The van der Waals surface area contributed by atoms with E-state index in [9.17, 15) is 4.79 Å². The summed E-state index contributed by atoms with van der Waals surface area (Å²) in [6.07, 6.45) is 9.92. The quantitative estimate of drug-likeness (QED) is 0.687. The number of carbonyl (C=O) groups excluding carboxylic acids is 1. The average molecular weight is 445 g/mol. The van der Waals surface area contributed by atoms with Crippen LogP contribution in [-0.4, -0.2) is 41.2 Å². The van der Waals surface area contributed by atoms with E-state index in [1.807, 2.05) is 6.07 Å². The van der Waals surface area contributed by atoms with Crippen molar-refractivity contribution in [3.63, 3.8) is 0 Å². The number of nitrogens with zero attached hydrogens (tertiary/aromatic N) is 2. The lowest BCUT2D eigenvalue weighted by molar-refractivity contribution is -0.108. The smallest absolute Gasteiger partial charge is 0.319 e. The lowest BCUT2D eigenvalue weighted by atomic mass is 9.74. The number of ether oxygens (including phenoxy) is 1. The maximum atomic E-state index is 12.4. The Hall–Kier alpha value is -1.83. The molecule has 2 N–H and O–H groups in total. The van der Waals surface area contributed by atoms with Gasteiger partial charge in [-0.2, -0.15) is 0 Å². The molecule has 0 radical (unpaired) electrons. The van der Waals surface area contributed by atoms with Crippen molar-refractivity contribution in [2.24, 2.45) is 0 Å². The summed E-state index contributed by atoms with van der Waals surface area (Å²) in [5, 5.41) is 6.65. The lowest BCUT2D eigenvalue weighted by Crippen LogP contribution is -2.52. The van der Waals surface area contributed by atoms with Gasteiger partial charge in [0, 0.05) is 18.7 Å². The molecule has 7 nitrogen and oxygen atoms in total. The number of hydrogen-bond donors (Lipinski definition) is 2. The number of anilines is 1. The number of rotatable bonds is 2. The number of oxazole rings is 1. The van der Waals surface area contributed by atoms with Gasteiger partial charge < -0.3 is 19.8 Å². The molecule has 0 atom stereocenters. The fraction of sp³-hybridized carbons (Fsp3) is 0.652. The van der Waals surface area contributed by atoms with Gasteiger partial charge in [-0.15, -0.1) is 0 Å². The second-order valence-corrected chi connectivity index (χ2v) is 10.1. The topological polar surface area (TPSA) is 79.6 Å². The molecular formula is C23H29ClN4O3. The largest absolute Gasteiger partial charge is 0.439 e. The molecule has 1 aromatic carbocycles. The van der Waals surface area contributed by atoms with Gasteiger partial charge in [-0.1, -0.05) is 43.7 Å². The number of fused-ring (bicyclic) bond motifs is 4. The fourth-order valence-corrected chi connectivity index (χ4v) is 6.50. The number of aromatic nitrogens is 1. The first kappa shape index (κ1) is 19.8. The molecule has 2 amide bonds. The highest BCUT2D eigenvalue weighted by atomic mass is 35.5. The van der Waals surface area contributed by atoms with Crippen LogP contribution in [0.1, 0.15) is 69.2 Å². The van der Waals surface area contributed by atoms with Gasteiger partial charge in [-0.25, -0.2) is 9.78 Å². The van der Waals surface area contributed by atoms with E-state index in [1.165, 1.54) is 19.3 Å². The summed E-state index contributed by atoms with van der Waals surface area (Å²) >= 11 is 6.62. The Morgan fingerprint density at radius 3 is 2.71 bits per heavy atom. The molecule has 1 aromatic heterocycles. The minimum Gasteiger partial charge on any atom is -0.439 e. The predicted molar refractivity (Wildman–Crippen MR) is 118 cm³/mol. The third-order valence-electron chi connectivity index (χ3n) is 7.66. The Bertz CT molecular complexity index is 1020. The summed E-state index contributed by atoms with van der Waals surface area (Å²) in [7, 11) is 0. The van der Waals surface area contributed by atoms with Crippen molar-refractivity contribution >= 4 is 34.4 Å². The van der Waals surface area contributed by atoms with Crippen LogP contribution in [0, 0.1) is 0 Å². The fourth-order valence-electron chi connectivity index (χ4n) is 6.25. The van der Waals surface area contributed by atoms with Crippen molar-refractivity contribution in [1.29, 1.82) is 0 Å². The van der Waals surface area contributed by atoms with E-state index in [0.717, 1.165) is 74.9 Å². The average Bonchev–Trinajstić information content (AvgIpc) is 3.35. The molecule has 2 saturated carbocycles.